The van der Waals surface area contributed by atoms with Crippen LogP contribution in [0, 0.1) is 0 Å². The summed E-state index contributed by atoms with van der Waals surface area (Å²) in [6.07, 6.45) is 3.10. The molecule has 0 aliphatic heterocycles. The molecular weight excluding hydrogens is 534 g/mol. The number of phenolic OH excluding ortho intramolecular Hbond substituents is 1. The van der Waals surface area contributed by atoms with Gasteiger partial charge in [0, 0.05) is 6.42 Å². The van der Waals surface area contributed by atoms with Gasteiger partial charge in [-0.3, -0.25) is 19.2 Å². The van der Waals surface area contributed by atoms with Crippen molar-refractivity contribution in [2.75, 3.05) is 38.8 Å². The number of benzene rings is 2. The van der Waals surface area contributed by atoms with E-state index >= 15 is 0 Å². The van der Waals surface area contributed by atoms with Crippen LogP contribution in [-0.4, -0.2) is 90.7 Å². The SMILES string of the molecule is CN[C@@H](Cc1ccc(O)cc1)C(=O)NCC(=O)NCC(=O)N[C@@H](Cc1ccccc1)C(=O)N[C@H](CO)CCSC. The first kappa shape index (κ1) is 32.6. The van der Waals surface area contributed by atoms with Crippen LogP contribution in [-0.2, 0) is 32.0 Å². The highest BCUT2D eigenvalue weighted by Gasteiger charge is 2.24. The Balaban J connectivity index is 1.87. The first-order valence-electron chi connectivity index (χ1n) is 13.0. The van der Waals surface area contributed by atoms with E-state index in [0.717, 1.165) is 16.9 Å². The van der Waals surface area contributed by atoms with E-state index in [9.17, 15) is 29.4 Å². The van der Waals surface area contributed by atoms with E-state index in [2.05, 4.69) is 26.6 Å². The molecule has 2 aromatic carbocycles. The van der Waals surface area contributed by atoms with E-state index in [4.69, 9.17) is 0 Å². The number of aliphatic hydroxyl groups excluding tert-OH is 1. The molecule has 0 heterocycles. The highest BCUT2D eigenvalue weighted by Crippen LogP contribution is 2.11. The molecule has 0 fully saturated rings. The van der Waals surface area contributed by atoms with E-state index < -0.39 is 41.8 Å². The predicted octanol–water partition coefficient (Wildman–Crippen LogP) is -0.287. The summed E-state index contributed by atoms with van der Waals surface area (Å²) >= 11 is 1.60. The molecular formula is C28H39N5O6S. The highest BCUT2D eigenvalue weighted by molar-refractivity contribution is 7.98. The number of likely N-dealkylation sites (N-methyl/N-ethyl adjacent to an activating group) is 1. The molecule has 0 aliphatic carbocycles. The summed E-state index contributed by atoms with van der Waals surface area (Å²) in [5.74, 6) is -1.07. The molecule has 7 N–H and O–H groups in total. The fourth-order valence-corrected chi connectivity index (χ4v) is 4.32. The van der Waals surface area contributed by atoms with Crippen LogP contribution >= 0.6 is 11.8 Å². The van der Waals surface area contributed by atoms with Gasteiger partial charge in [-0.1, -0.05) is 42.5 Å². The smallest absolute Gasteiger partial charge is 0.243 e. The Morgan fingerprint density at radius 1 is 0.800 bits per heavy atom. The van der Waals surface area contributed by atoms with Crippen molar-refractivity contribution in [1.82, 2.24) is 26.6 Å². The standard InChI is InChI=1S/C28H39N5O6S/c1-29-23(14-20-8-10-22(35)11-9-20)27(38)31-16-25(36)30-17-26(37)33-24(15-19-6-4-3-5-7-19)28(39)32-21(18-34)12-13-40-2/h3-11,21,23-24,29,34-35H,12-18H2,1-2H3,(H,30,36)(H,31,38)(H,32,39)(H,33,37)/t21-,23-,24-/m0/s1. The number of nitrogens with one attached hydrogen (secondary N) is 5. The molecule has 0 radical (unpaired) electrons. The largest absolute Gasteiger partial charge is 0.508 e. The van der Waals surface area contributed by atoms with Crippen LogP contribution < -0.4 is 26.6 Å². The summed E-state index contributed by atoms with van der Waals surface area (Å²) in [5.41, 5.74) is 1.67. The Labute approximate surface area is 238 Å². The molecule has 0 saturated carbocycles. The summed E-state index contributed by atoms with van der Waals surface area (Å²) < 4.78 is 0. The molecule has 4 amide bonds. The molecule has 0 unspecified atom stereocenters. The Bertz CT molecular complexity index is 1090. The van der Waals surface area contributed by atoms with Crippen LogP contribution in [0.3, 0.4) is 0 Å². The Morgan fingerprint density at radius 2 is 1.43 bits per heavy atom. The molecule has 40 heavy (non-hydrogen) atoms. The van der Waals surface area contributed by atoms with Crippen molar-refractivity contribution in [2.24, 2.45) is 0 Å². The quantitative estimate of drug-likeness (QED) is 0.136. The van der Waals surface area contributed by atoms with E-state index in [0.29, 0.717) is 12.8 Å². The zero-order valence-electron chi connectivity index (χ0n) is 22.8. The third kappa shape index (κ3) is 12.1. The normalized spacial score (nSPS) is 13.0. The molecule has 3 atom stereocenters. The molecule has 11 nitrogen and oxygen atoms in total. The van der Waals surface area contributed by atoms with E-state index in [-0.39, 0.29) is 31.9 Å². The van der Waals surface area contributed by atoms with Crippen LogP contribution in [0.25, 0.3) is 0 Å². The zero-order chi connectivity index (χ0) is 29.3. The van der Waals surface area contributed by atoms with Crippen molar-refractivity contribution < 1.29 is 29.4 Å². The monoisotopic (exact) mass is 573 g/mol. The maximum Gasteiger partial charge on any atom is 0.243 e. The molecule has 0 bridgehead atoms. The highest BCUT2D eigenvalue weighted by atomic mass is 32.2. The average Bonchev–Trinajstić information content (AvgIpc) is 2.96. The van der Waals surface area contributed by atoms with Gasteiger partial charge in [-0.25, -0.2) is 0 Å². The van der Waals surface area contributed by atoms with Gasteiger partial charge < -0.3 is 36.8 Å². The van der Waals surface area contributed by atoms with Crippen molar-refractivity contribution >= 4 is 35.4 Å². The lowest BCUT2D eigenvalue weighted by atomic mass is 10.0. The number of phenols is 1. The van der Waals surface area contributed by atoms with Gasteiger partial charge in [-0.15, -0.1) is 0 Å². The molecule has 0 aliphatic rings. The number of thioether (sulfide) groups is 1. The fraction of sp³-hybridized carbons (Fsp3) is 0.429. The lowest BCUT2D eigenvalue weighted by molar-refractivity contribution is -0.130. The van der Waals surface area contributed by atoms with Crippen molar-refractivity contribution in [3.8, 4) is 5.75 Å². The van der Waals surface area contributed by atoms with Gasteiger partial charge in [-0.2, -0.15) is 11.8 Å². The third-order valence-electron chi connectivity index (χ3n) is 6.08. The number of hydrogen-bond donors (Lipinski definition) is 7. The molecule has 0 spiro atoms. The van der Waals surface area contributed by atoms with Gasteiger partial charge in [0.25, 0.3) is 0 Å². The summed E-state index contributed by atoms with van der Waals surface area (Å²) in [6.45, 7) is -0.934. The number of carbonyl (C=O) groups excluding carboxylic acids is 4. The molecule has 2 rings (SSSR count). The van der Waals surface area contributed by atoms with Gasteiger partial charge in [0.05, 0.1) is 31.8 Å². The van der Waals surface area contributed by atoms with Crippen molar-refractivity contribution in [2.45, 2.75) is 37.4 Å². The topological polar surface area (TPSA) is 169 Å². The minimum absolute atomic E-state index is 0.127. The van der Waals surface area contributed by atoms with Crippen LogP contribution in [0.2, 0.25) is 0 Å². The fourth-order valence-electron chi connectivity index (χ4n) is 3.80. The van der Waals surface area contributed by atoms with Gasteiger partial charge in [0.15, 0.2) is 0 Å². The first-order chi connectivity index (χ1) is 19.2. The number of carbonyl (C=O) groups is 4. The Hall–Kier alpha value is -3.61. The maximum atomic E-state index is 13.0. The van der Waals surface area contributed by atoms with Gasteiger partial charge >= 0.3 is 0 Å². The van der Waals surface area contributed by atoms with Crippen LogP contribution in [0.4, 0.5) is 0 Å². The molecule has 2 aromatic rings. The van der Waals surface area contributed by atoms with Gasteiger partial charge in [0.2, 0.25) is 23.6 Å². The summed E-state index contributed by atoms with van der Waals surface area (Å²) in [6, 6.07) is 13.7. The van der Waals surface area contributed by atoms with Gasteiger partial charge in [0.1, 0.15) is 11.8 Å². The second-order valence-electron chi connectivity index (χ2n) is 9.19. The van der Waals surface area contributed by atoms with Gasteiger partial charge in [-0.05, 0) is 55.2 Å². The van der Waals surface area contributed by atoms with Crippen LogP contribution in [0.1, 0.15) is 17.5 Å². The number of aliphatic hydroxyl groups is 1. The lowest BCUT2D eigenvalue weighted by Crippen LogP contribution is -2.53. The van der Waals surface area contributed by atoms with E-state index in [1.807, 2.05) is 36.6 Å². The lowest BCUT2D eigenvalue weighted by Gasteiger charge is -2.22. The Kier molecular flexibility index (Phi) is 14.6. The molecule has 0 aromatic heterocycles. The second kappa shape index (κ2) is 17.9. The third-order valence-corrected chi connectivity index (χ3v) is 6.73. The van der Waals surface area contributed by atoms with Crippen molar-refractivity contribution in [1.29, 1.82) is 0 Å². The average molecular weight is 574 g/mol. The minimum Gasteiger partial charge on any atom is -0.508 e. The van der Waals surface area contributed by atoms with Crippen LogP contribution in [0.15, 0.2) is 54.6 Å². The summed E-state index contributed by atoms with van der Waals surface area (Å²) in [7, 11) is 1.63. The molecule has 0 saturated heterocycles. The Morgan fingerprint density at radius 3 is 2.05 bits per heavy atom. The van der Waals surface area contributed by atoms with Crippen LogP contribution in [0.5, 0.6) is 5.75 Å². The molecule has 218 valence electrons. The number of rotatable bonds is 17. The van der Waals surface area contributed by atoms with E-state index in [1.54, 1.807) is 30.9 Å². The van der Waals surface area contributed by atoms with Crippen molar-refractivity contribution in [3.63, 3.8) is 0 Å². The number of amides is 4. The van der Waals surface area contributed by atoms with Crippen molar-refractivity contribution in [3.05, 3.63) is 65.7 Å². The molecule has 12 heteroatoms. The summed E-state index contributed by atoms with van der Waals surface area (Å²) in [5, 5.41) is 32.4. The zero-order valence-corrected chi connectivity index (χ0v) is 23.6. The first-order valence-corrected chi connectivity index (χ1v) is 14.4. The predicted molar refractivity (Wildman–Crippen MR) is 155 cm³/mol. The van der Waals surface area contributed by atoms with E-state index in [1.165, 1.54) is 12.1 Å². The summed E-state index contributed by atoms with van der Waals surface area (Å²) in [4.78, 5) is 50.4. The minimum atomic E-state index is -0.911. The number of aromatic hydroxyl groups is 1. The maximum absolute atomic E-state index is 13.0. The number of hydrogen-bond acceptors (Lipinski definition) is 8. The second-order valence-corrected chi connectivity index (χ2v) is 10.2.